The lowest BCUT2D eigenvalue weighted by molar-refractivity contribution is 0.632. The Labute approximate surface area is 132 Å². The largest absolute Gasteiger partial charge is 0.264 e. The SMILES string of the molecule is Cc1ccncc1-c1nc(Cl)c(I)c(CC(C)C)n1. The molecule has 0 spiro atoms. The first-order valence-corrected chi connectivity index (χ1v) is 7.57. The summed E-state index contributed by atoms with van der Waals surface area (Å²) in [5, 5.41) is 0.518. The third kappa shape index (κ3) is 3.42. The number of hydrogen-bond acceptors (Lipinski definition) is 3. The van der Waals surface area contributed by atoms with E-state index in [0.717, 1.165) is 26.8 Å². The molecule has 2 aromatic heterocycles. The molecule has 0 aliphatic carbocycles. The Kier molecular flexibility index (Phi) is 4.73. The zero-order valence-corrected chi connectivity index (χ0v) is 14.0. The van der Waals surface area contributed by atoms with Crippen molar-refractivity contribution in [2.75, 3.05) is 0 Å². The number of pyridine rings is 1. The highest BCUT2D eigenvalue weighted by Gasteiger charge is 2.14. The first-order valence-electron chi connectivity index (χ1n) is 6.12. The van der Waals surface area contributed by atoms with E-state index in [-0.39, 0.29) is 0 Å². The van der Waals surface area contributed by atoms with Gasteiger partial charge in [-0.15, -0.1) is 0 Å². The minimum Gasteiger partial charge on any atom is -0.264 e. The molecule has 0 saturated carbocycles. The van der Waals surface area contributed by atoms with Gasteiger partial charge in [0.05, 0.1) is 9.26 Å². The number of rotatable bonds is 3. The number of aryl methyl sites for hydroxylation is 1. The molecule has 0 atom stereocenters. The molecule has 2 rings (SSSR count). The van der Waals surface area contributed by atoms with Crippen LogP contribution in [0.25, 0.3) is 11.4 Å². The van der Waals surface area contributed by atoms with Crippen LogP contribution in [-0.2, 0) is 6.42 Å². The molecule has 19 heavy (non-hydrogen) atoms. The van der Waals surface area contributed by atoms with E-state index in [1.54, 1.807) is 12.4 Å². The van der Waals surface area contributed by atoms with Gasteiger partial charge in [0.15, 0.2) is 5.82 Å². The highest BCUT2D eigenvalue weighted by molar-refractivity contribution is 14.1. The van der Waals surface area contributed by atoms with Crippen molar-refractivity contribution >= 4 is 34.2 Å². The van der Waals surface area contributed by atoms with Crippen LogP contribution < -0.4 is 0 Å². The van der Waals surface area contributed by atoms with Gasteiger partial charge in [0, 0.05) is 18.0 Å². The summed E-state index contributed by atoms with van der Waals surface area (Å²) in [5.41, 5.74) is 3.04. The molecule has 0 saturated heterocycles. The number of halogens is 2. The third-order valence-corrected chi connectivity index (χ3v) is 4.49. The second kappa shape index (κ2) is 6.13. The van der Waals surface area contributed by atoms with Crippen molar-refractivity contribution in [3.63, 3.8) is 0 Å². The van der Waals surface area contributed by atoms with Gasteiger partial charge >= 0.3 is 0 Å². The molecule has 0 unspecified atom stereocenters. The van der Waals surface area contributed by atoms with Gasteiger partial charge in [-0.25, -0.2) is 9.97 Å². The topological polar surface area (TPSA) is 38.7 Å². The quantitative estimate of drug-likeness (QED) is 0.582. The van der Waals surface area contributed by atoms with E-state index in [0.29, 0.717) is 16.9 Å². The molecule has 2 heterocycles. The normalized spacial score (nSPS) is 11.1. The van der Waals surface area contributed by atoms with Crippen LogP contribution in [0.2, 0.25) is 5.15 Å². The van der Waals surface area contributed by atoms with Gasteiger partial charge in [0.2, 0.25) is 0 Å². The van der Waals surface area contributed by atoms with Crippen LogP contribution in [0.3, 0.4) is 0 Å². The summed E-state index contributed by atoms with van der Waals surface area (Å²) in [5.74, 6) is 1.19. The first kappa shape index (κ1) is 14.7. The fourth-order valence-corrected chi connectivity index (χ4v) is 2.45. The van der Waals surface area contributed by atoms with Crippen molar-refractivity contribution in [3.8, 4) is 11.4 Å². The van der Waals surface area contributed by atoms with Crippen molar-refractivity contribution in [3.05, 3.63) is 38.4 Å². The fraction of sp³-hybridized carbons (Fsp3) is 0.357. The van der Waals surface area contributed by atoms with Gasteiger partial charge in [-0.3, -0.25) is 4.98 Å². The summed E-state index contributed by atoms with van der Waals surface area (Å²) >= 11 is 8.44. The molecular formula is C14H15ClIN3. The predicted octanol–water partition coefficient (Wildman–Crippen LogP) is 4.30. The van der Waals surface area contributed by atoms with E-state index in [2.05, 4.69) is 51.4 Å². The van der Waals surface area contributed by atoms with Crippen LogP contribution in [0.4, 0.5) is 0 Å². The smallest absolute Gasteiger partial charge is 0.162 e. The van der Waals surface area contributed by atoms with Gasteiger partial charge in [-0.1, -0.05) is 25.4 Å². The lowest BCUT2D eigenvalue weighted by Gasteiger charge is -2.11. The predicted molar refractivity (Wildman–Crippen MR) is 86.3 cm³/mol. The maximum atomic E-state index is 6.23. The molecule has 0 amide bonds. The molecule has 0 aromatic carbocycles. The molecule has 0 aliphatic heterocycles. The maximum absolute atomic E-state index is 6.23. The standard InChI is InChI=1S/C14H15ClIN3/c1-8(2)6-11-12(16)13(15)19-14(18-11)10-7-17-5-4-9(10)3/h4-5,7-8H,6H2,1-3H3. The van der Waals surface area contributed by atoms with Crippen molar-refractivity contribution < 1.29 is 0 Å². The summed E-state index contributed by atoms with van der Waals surface area (Å²) in [7, 11) is 0. The Hall–Kier alpha value is -0.750. The number of nitrogens with zero attached hydrogens (tertiary/aromatic N) is 3. The summed E-state index contributed by atoms with van der Waals surface area (Å²) in [4.78, 5) is 13.2. The first-order chi connectivity index (χ1) is 8.99. The Morgan fingerprint density at radius 1 is 1.32 bits per heavy atom. The van der Waals surface area contributed by atoms with E-state index >= 15 is 0 Å². The summed E-state index contributed by atoms with van der Waals surface area (Å²) in [6.45, 7) is 6.36. The molecule has 0 bridgehead atoms. The minimum absolute atomic E-state index is 0.518. The van der Waals surface area contributed by atoms with Gasteiger partial charge in [-0.2, -0.15) is 0 Å². The van der Waals surface area contributed by atoms with Crippen molar-refractivity contribution in [1.82, 2.24) is 15.0 Å². The minimum atomic E-state index is 0.518. The molecule has 0 aliphatic rings. The van der Waals surface area contributed by atoms with E-state index < -0.39 is 0 Å². The van der Waals surface area contributed by atoms with Gasteiger partial charge in [0.25, 0.3) is 0 Å². The molecule has 0 fully saturated rings. The van der Waals surface area contributed by atoms with Crippen LogP contribution in [0.1, 0.15) is 25.1 Å². The maximum Gasteiger partial charge on any atom is 0.162 e. The molecule has 5 heteroatoms. The Morgan fingerprint density at radius 2 is 2.05 bits per heavy atom. The zero-order chi connectivity index (χ0) is 14.0. The van der Waals surface area contributed by atoms with Crippen LogP contribution in [0.15, 0.2) is 18.5 Å². The van der Waals surface area contributed by atoms with Crippen LogP contribution in [0, 0.1) is 16.4 Å². The summed E-state index contributed by atoms with van der Waals surface area (Å²) in [6, 6.07) is 1.95. The number of aromatic nitrogens is 3. The Balaban J connectivity index is 2.54. The molecule has 3 nitrogen and oxygen atoms in total. The molecule has 2 aromatic rings. The molecule has 0 radical (unpaired) electrons. The van der Waals surface area contributed by atoms with Crippen LogP contribution in [-0.4, -0.2) is 15.0 Å². The highest BCUT2D eigenvalue weighted by atomic mass is 127. The van der Waals surface area contributed by atoms with Crippen molar-refractivity contribution in [1.29, 1.82) is 0 Å². The van der Waals surface area contributed by atoms with Gasteiger partial charge in [-0.05, 0) is 53.5 Å². The summed E-state index contributed by atoms with van der Waals surface area (Å²) in [6.07, 6.45) is 4.45. The third-order valence-electron chi connectivity index (χ3n) is 2.76. The van der Waals surface area contributed by atoms with Crippen molar-refractivity contribution in [2.45, 2.75) is 27.2 Å². The van der Waals surface area contributed by atoms with Gasteiger partial charge in [0.1, 0.15) is 5.15 Å². The molecule has 0 N–H and O–H groups in total. The van der Waals surface area contributed by atoms with E-state index in [9.17, 15) is 0 Å². The average Bonchev–Trinajstić information content (AvgIpc) is 2.35. The Morgan fingerprint density at radius 3 is 2.68 bits per heavy atom. The molecular weight excluding hydrogens is 373 g/mol. The lowest BCUT2D eigenvalue weighted by Crippen LogP contribution is -2.05. The van der Waals surface area contributed by atoms with Gasteiger partial charge < -0.3 is 0 Å². The lowest BCUT2D eigenvalue weighted by atomic mass is 10.1. The number of hydrogen-bond donors (Lipinski definition) is 0. The average molecular weight is 388 g/mol. The second-order valence-corrected chi connectivity index (χ2v) is 6.32. The summed E-state index contributed by atoms with van der Waals surface area (Å²) < 4.78 is 0.943. The second-order valence-electron chi connectivity index (χ2n) is 4.89. The monoisotopic (exact) mass is 387 g/mol. The highest BCUT2D eigenvalue weighted by Crippen LogP contribution is 2.26. The van der Waals surface area contributed by atoms with Crippen LogP contribution >= 0.6 is 34.2 Å². The van der Waals surface area contributed by atoms with E-state index in [4.69, 9.17) is 11.6 Å². The van der Waals surface area contributed by atoms with E-state index in [1.807, 2.05) is 13.0 Å². The van der Waals surface area contributed by atoms with Crippen LogP contribution in [0.5, 0.6) is 0 Å². The zero-order valence-electron chi connectivity index (χ0n) is 11.1. The van der Waals surface area contributed by atoms with Crippen molar-refractivity contribution in [2.24, 2.45) is 5.92 Å². The molecule has 100 valence electrons. The fourth-order valence-electron chi connectivity index (χ4n) is 1.80. The van der Waals surface area contributed by atoms with E-state index in [1.165, 1.54) is 0 Å². The Bertz CT molecular complexity index is 599.